The maximum Gasteiger partial charge on any atom is 0.322 e. The SMILES string of the molecule is CC(OC(=O)CCC1NC(=O)NC1=O)c1ccc(Cl)cc1Cl. The molecule has 8 heteroatoms. The molecule has 1 saturated heterocycles. The summed E-state index contributed by atoms with van der Waals surface area (Å²) >= 11 is 11.9. The minimum atomic E-state index is -0.700. The van der Waals surface area contributed by atoms with Gasteiger partial charge < -0.3 is 10.1 Å². The summed E-state index contributed by atoms with van der Waals surface area (Å²) < 4.78 is 5.27. The highest BCUT2D eigenvalue weighted by molar-refractivity contribution is 6.35. The number of imide groups is 1. The largest absolute Gasteiger partial charge is 0.458 e. The third-order valence-electron chi connectivity index (χ3n) is 3.20. The molecule has 2 rings (SSSR count). The Kier molecular flexibility index (Phi) is 5.26. The lowest BCUT2D eigenvalue weighted by Gasteiger charge is -2.15. The first-order chi connectivity index (χ1) is 10.4. The number of ether oxygens (including phenoxy) is 1. The Morgan fingerprint density at radius 2 is 2.09 bits per heavy atom. The first-order valence-electron chi connectivity index (χ1n) is 6.62. The van der Waals surface area contributed by atoms with Crippen LogP contribution in [-0.4, -0.2) is 23.9 Å². The van der Waals surface area contributed by atoms with Gasteiger partial charge in [0.15, 0.2) is 0 Å². The van der Waals surface area contributed by atoms with Crippen LogP contribution in [0.3, 0.4) is 0 Å². The van der Waals surface area contributed by atoms with Gasteiger partial charge in [-0.2, -0.15) is 0 Å². The second kappa shape index (κ2) is 6.98. The van der Waals surface area contributed by atoms with Crippen LogP contribution in [0, 0.1) is 0 Å². The van der Waals surface area contributed by atoms with Gasteiger partial charge in [-0.25, -0.2) is 4.79 Å². The predicted molar refractivity (Wildman–Crippen MR) is 80.7 cm³/mol. The van der Waals surface area contributed by atoms with Crippen LogP contribution in [0.1, 0.15) is 31.4 Å². The van der Waals surface area contributed by atoms with E-state index in [9.17, 15) is 14.4 Å². The molecule has 0 aromatic heterocycles. The zero-order valence-corrected chi connectivity index (χ0v) is 13.2. The lowest BCUT2D eigenvalue weighted by Crippen LogP contribution is -2.29. The topological polar surface area (TPSA) is 84.5 Å². The van der Waals surface area contributed by atoms with Crippen molar-refractivity contribution in [2.45, 2.75) is 31.9 Å². The third-order valence-corrected chi connectivity index (χ3v) is 3.77. The highest BCUT2D eigenvalue weighted by atomic mass is 35.5. The fourth-order valence-corrected chi connectivity index (χ4v) is 2.64. The van der Waals surface area contributed by atoms with Crippen molar-refractivity contribution in [2.75, 3.05) is 0 Å². The fourth-order valence-electron chi connectivity index (χ4n) is 2.08. The molecule has 0 spiro atoms. The van der Waals surface area contributed by atoms with Crippen LogP contribution in [0.5, 0.6) is 0 Å². The summed E-state index contributed by atoms with van der Waals surface area (Å²) in [6.45, 7) is 1.69. The summed E-state index contributed by atoms with van der Waals surface area (Å²) in [4.78, 5) is 34.1. The van der Waals surface area contributed by atoms with Crippen molar-refractivity contribution < 1.29 is 19.1 Å². The molecular weight excluding hydrogens is 331 g/mol. The van der Waals surface area contributed by atoms with Gasteiger partial charge in [-0.05, 0) is 25.5 Å². The molecule has 1 fully saturated rings. The number of carbonyl (C=O) groups excluding carboxylic acids is 3. The maximum absolute atomic E-state index is 11.8. The van der Waals surface area contributed by atoms with Crippen LogP contribution in [0.2, 0.25) is 10.0 Å². The standard InChI is InChI=1S/C14H14Cl2N2O4/c1-7(9-3-2-8(15)6-10(9)16)22-12(19)5-4-11-13(20)18-14(21)17-11/h2-3,6-7,11H,4-5H2,1H3,(H2,17,18,20,21). The van der Waals surface area contributed by atoms with E-state index in [0.717, 1.165) is 0 Å². The van der Waals surface area contributed by atoms with E-state index in [-0.39, 0.29) is 12.8 Å². The number of halogens is 2. The highest BCUT2D eigenvalue weighted by Crippen LogP contribution is 2.28. The van der Waals surface area contributed by atoms with E-state index in [2.05, 4.69) is 10.6 Å². The molecule has 1 aromatic rings. The van der Waals surface area contributed by atoms with E-state index in [1.165, 1.54) is 0 Å². The van der Waals surface area contributed by atoms with Crippen LogP contribution in [0.15, 0.2) is 18.2 Å². The molecule has 2 atom stereocenters. The molecule has 2 unspecified atom stereocenters. The lowest BCUT2D eigenvalue weighted by molar-refractivity contribution is -0.148. The number of amides is 3. The number of nitrogens with one attached hydrogen (secondary N) is 2. The number of hydrogen-bond donors (Lipinski definition) is 2. The maximum atomic E-state index is 11.8. The van der Waals surface area contributed by atoms with E-state index < -0.39 is 30.1 Å². The molecule has 1 aliphatic rings. The Morgan fingerprint density at radius 1 is 1.36 bits per heavy atom. The minimum Gasteiger partial charge on any atom is -0.458 e. The monoisotopic (exact) mass is 344 g/mol. The van der Waals surface area contributed by atoms with Gasteiger partial charge in [-0.3, -0.25) is 14.9 Å². The van der Waals surface area contributed by atoms with E-state index in [4.69, 9.17) is 27.9 Å². The zero-order chi connectivity index (χ0) is 16.3. The Bertz CT molecular complexity index is 621. The Morgan fingerprint density at radius 3 is 2.68 bits per heavy atom. The summed E-state index contributed by atoms with van der Waals surface area (Å²) in [5.41, 5.74) is 0.645. The number of esters is 1. The average molecular weight is 345 g/mol. The molecule has 6 nitrogen and oxygen atoms in total. The second-order valence-corrected chi connectivity index (χ2v) is 5.70. The van der Waals surface area contributed by atoms with Gasteiger partial charge in [0, 0.05) is 22.0 Å². The van der Waals surface area contributed by atoms with Gasteiger partial charge in [-0.1, -0.05) is 29.3 Å². The smallest absolute Gasteiger partial charge is 0.322 e. The number of benzene rings is 1. The molecule has 3 amide bonds. The molecule has 2 N–H and O–H groups in total. The van der Waals surface area contributed by atoms with Gasteiger partial charge in [0.1, 0.15) is 12.1 Å². The van der Waals surface area contributed by atoms with Crippen LogP contribution >= 0.6 is 23.2 Å². The molecule has 1 aromatic carbocycles. The Hall–Kier alpha value is -1.79. The lowest BCUT2D eigenvalue weighted by atomic mass is 10.1. The van der Waals surface area contributed by atoms with E-state index in [0.29, 0.717) is 15.6 Å². The van der Waals surface area contributed by atoms with Crippen molar-refractivity contribution >= 4 is 41.1 Å². The molecular formula is C14H14Cl2N2O4. The molecule has 118 valence electrons. The van der Waals surface area contributed by atoms with Gasteiger partial charge in [0.2, 0.25) is 0 Å². The summed E-state index contributed by atoms with van der Waals surface area (Å²) in [6, 6.07) is 3.67. The van der Waals surface area contributed by atoms with Crippen molar-refractivity contribution in [1.82, 2.24) is 10.6 Å². The molecule has 0 aliphatic carbocycles. The van der Waals surface area contributed by atoms with Crippen molar-refractivity contribution in [3.63, 3.8) is 0 Å². The van der Waals surface area contributed by atoms with Crippen molar-refractivity contribution in [3.05, 3.63) is 33.8 Å². The quantitative estimate of drug-likeness (QED) is 0.635. The third kappa shape index (κ3) is 4.11. The van der Waals surface area contributed by atoms with E-state index >= 15 is 0 Å². The van der Waals surface area contributed by atoms with Gasteiger partial charge in [0.25, 0.3) is 5.91 Å². The van der Waals surface area contributed by atoms with Crippen LogP contribution in [0.25, 0.3) is 0 Å². The number of rotatable bonds is 5. The van der Waals surface area contributed by atoms with E-state index in [1.807, 2.05) is 0 Å². The number of urea groups is 1. The first-order valence-corrected chi connectivity index (χ1v) is 7.38. The summed E-state index contributed by atoms with van der Waals surface area (Å²) in [7, 11) is 0. The zero-order valence-electron chi connectivity index (χ0n) is 11.7. The molecule has 0 radical (unpaired) electrons. The van der Waals surface area contributed by atoms with Crippen molar-refractivity contribution in [2.24, 2.45) is 0 Å². The van der Waals surface area contributed by atoms with Gasteiger partial charge >= 0.3 is 12.0 Å². The minimum absolute atomic E-state index is 0.00785. The normalized spacial score (nSPS) is 18.6. The Labute approximate surface area is 137 Å². The first kappa shape index (κ1) is 16.6. The summed E-state index contributed by atoms with van der Waals surface area (Å²) in [5, 5.41) is 5.42. The molecule has 1 aliphatic heterocycles. The highest BCUT2D eigenvalue weighted by Gasteiger charge is 2.29. The molecule has 22 heavy (non-hydrogen) atoms. The number of carbonyl (C=O) groups is 3. The predicted octanol–water partition coefficient (Wildman–Crippen LogP) is 2.59. The van der Waals surface area contributed by atoms with Gasteiger partial charge in [-0.15, -0.1) is 0 Å². The summed E-state index contributed by atoms with van der Waals surface area (Å²) in [5.74, 6) is -0.918. The van der Waals surface area contributed by atoms with Crippen molar-refractivity contribution in [3.8, 4) is 0 Å². The average Bonchev–Trinajstić information content (AvgIpc) is 2.74. The second-order valence-electron chi connectivity index (χ2n) is 4.85. The molecule has 1 heterocycles. The Balaban J connectivity index is 1.86. The van der Waals surface area contributed by atoms with Crippen LogP contribution in [0.4, 0.5) is 4.79 Å². The van der Waals surface area contributed by atoms with Crippen LogP contribution < -0.4 is 10.6 Å². The molecule has 0 saturated carbocycles. The fraction of sp³-hybridized carbons (Fsp3) is 0.357. The summed E-state index contributed by atoms with van der Waals surface area (Å²) in [6.07, 6.45) is -0.352. The number of hydrogen-bond acceptors (Lipinski definition) is 4. The van der Waals surface area contributed by atoms with Crippen molar-refractivity contribution in [1.29, 1.82) is 0 Å². The van der Waals surface area contributed by atoms with Gasteiger partial charge in [0.05, 0.1) is 0 Å². The van der Waals surface area contributed by atoms with E-state index in [1.54, 1.807) is 25.1 Å². The van der Waals surface area contributed by atoms with Crippen LogP contribution in [-0.2, 0) is 14.3 Å². The molecule has 0 bridgehead atoms.